The van der Waals surface area contributed by atoms with E-state index < -0.39 is 11.7 Å². The van der Waals surface area contributed by atoms with E-state index in [9.17, 15) is 22.8 Å². The second-order valence-electron chi connectivity index (χ2n) is 7.09. The van der Waals surface area contributed by atoms with Crippen LogP contribution in [0.25, 0.3) is 10.8 Å². The van der Waals surface area contributed by atoms with Crippen molar-refractivity contribution in [3.05, 3.63) is 52.7 Å². The Morgan fingerprint density at radius 1 is 1.15 bits per heavy atom. The topological polar surface area (TPSA) is 116 Å². The number of hydrogen-bond acceptors (Lipinski definition) is 7. The van der Waals surface area contributed by atoms with Crippen LogP contribution < -0.4 is 20.5 Å². The minimum Gasteiger partial charge on any atom is -0.483 e. The third-order valence-electron chi connectivity index (χ3n) is 4.98. The van der Waals surface area contributed by atoms with Crippen LogP contribution >= 0.6 is 0 Å². The first-order valence-corrected chi connectivity index (χ1v) is 9.92. The number of piperazine rings is 1. The van der Waals surface area contributed by atoms with Gasteiger partial charge in [0.2, 0.25) is 5.95 Å². The number of rotatable bonds is 5. The number of carbonyl (C=O) groups excluding carboxylic acids is 1. The number of alkyl halides is 3. The number of ether oxygens (including phenoxy) is 1. The SMILES string of the molecule is O=C(NCCOc1c#ccc2c(=O)[nH]ncc12)N1CCN(c2ncc(C(F)(F)F)cn2)CC1. The minimum atomic E-state index is -4.49. The Labute approximate surface area is 185 Å². The molecule has 10 nitrogen and oxygen atoms in total. The van der Waals surface area contributed by atoms with Gasteiger partial charge in [-0.05, 0) is 6.07 Å². The Morgan fingerprint density at radius 3 is 2.58 bits per heavy atom. The summed E-state index contributed by atoms with van der Waals surface area (Å²) in [5, 5.41) is 9.68. The third kappa shape index (κ3) is 5.05. The predicted molar refractivity (Wildman–Crippen MR) is 110 cm³/mol. The minimum absolute atomic E-state index is 0.140. The van der Waals surface area contributed by atoms with Gasteiger partial charge in [-0.1, -0.05) is 6.07 Å². The molecule has 3 heterocycles. The number of aromatic nitrogens is 4. The number of nitrogens with one attached hydrogen (secondary N) is 2. The monoisotopic (exact) mass is 461 g/mol. The van der Waals surface area contributed by atoms with Crippen LogP contribution in [0.1, 0.15) is 5.56 Å². The number of fused-ring (bicyclic) bond motifs is 1. The average molecular weight is 461 g/mol. The van der Waals surface area contributed by atoms with Crippen molar-refractivity contribution >= 4 is 22.8 Å². The summed E-state index contributed by atoms with van der Waals surface area (Å²) in [6, 6.07) is 6.68. The van der Waals surface area contributed by atoms with Crippen molar-refractivity contribution in [3.8, 4) is 5.75 Å². The Morgan fingerprint density at radius 2 is 1.88 bits per heavy atom. The van der Waals surface area contributed by atoms with Gasteiger partial charge in [-0.2, -0.15) is 18.3 Å². The van der Waals surface area contributed by atoms with Crippen molar-refractivity contribution in [3.63, 3.8) is 0 Å². The largest absolute Gasteiger partial charge is 0.483 e. The van der Waals surface area contributed by atoms with Crippen molar-refractivity contribution in [1.82, 2.24) is 30.4 Å². The predicted octanol–water partition coefficient (Wildman–Crippen LogP) is 1.24. The second kappa shape index (κ2) is 9.19. The molecule has 172 valence electrons. The van der Waals surface area contributed by atoms with Gasteiger partial charge in [0, 0.05) is 44.6 Å². The van der Waals surface area contributed by atoms with Gasteiger partial charge in [0.05, 0.1) is 29.1 Å². The summed E-state index contributed by atoms with van der Waals surface area (Å²) in [5.74, 6) is 0.499. The number of nitrogens with zero attached hydrogens (tertiary/aromatic N) is 5. The molecule has 0 radical (unpaired) electrons. The van der Waals surface area contributed by atoms with Crippen LogP contribution in [-0.2, 0) is 6.18 Å². The van der Waals surface area contributed by atoms with Gasteiger partial charge in [0.25, 0.3) is 5.56 Å². The lowest BCUT2D eigenvalue weighted by atomic mass is 10.2. The van der Waals surface area contributed by atoms with Crippen LogP contribution in [0.2, 0.25) is 0 Å². The zero-order valence-electron chi connectivity index (χ0n) is 17.1. The van der Waals surface area contributed by atoms with Gasteiger partial charge in [-0.15, -0.1) is 0 Å². The van der Waals surface area contributed by atoms with E-state index in [2.05, 4.69) is 37.6 Å². The molecule has 0 bridgehead atoms. The fraction of sp³-hybridized carbons (Fsp3) is 0.350. The van der Waals surface area contributed by atoms with Gasteiger partial charge in [-0.25, -0.2) is 19.9 Å². The van der Waals surface area contributed by atoms with Crippen LogP contribution in [0.15, 0.2) is 29.5 Å². The van der Waals surface area contributed by atoms with E-state index in [1.54, 1.807) is 9.80 Å². The number of aromatic amines is 1. The number of anilines is 1. The summed E-state index contributed by atoms with van der Waals surface area (Å²) in [6.07, 6.45) is -1.54. The molecule has 13 heteroatoms. The average Bonchev–Trinajstić information content (AvgIpc) is 2.82. The van der Waals surface area contributed by atoms with E-state index in [0.717, 1.165) is 12.4 Å². The molecule has 2 amide bonds. The van der Waals surface area contributed by atoms with Gasteiger partial charge in [0.1, 0.15) is 6.61 Å². The van der Waals surface area contributed by atoms with E-state index in [1.165, 1.54) is 12.3 Å². The number of halogens is 3. The number of urea groups is 1. The van der Waals surface area contributed by atoms with Crippen molar-refractivity contribution < 1.29 is 22.7 Å². The first-order valence-electron chi connectivity index (χ1n) is 9.92. The van der Waals surface area contributed by atoms with Gasteiger partial charge in [0.15, 0.2) is 5.75 Å². The lowest BCUT2D eigenvalue weighted by molar-refractivity contribution is -0.138. The standard InChI is InChI=1S/C20H18F3N7O3/c21-20(22,23)13-10-25-18(26-11-13)29-5-7-30(8-6-29)19(32)24-4-9-33-16-3-1-2-14-15(16)12-27-28-17(14)31/h2,10-12H,4-9H2,(H,24,32)(H,28,31). The first kappa shape index (κ1) is 22.1. The zero-order chi connectivity index (χ0) is 23.4. The molecule has 0 atom stereocenters. The molecule has 2 aromatic heterocycles. The van der Waals surface area contributed by atoms with Crippen molar-refractivity contribution in [2.45, 2.75) is 6.18 Å². The highest BCUT2D eigenvalue weighted by molar-refractivity contribution is 5.85. The lowest BCUT2D eigenvalue weighted by Crippen LogP contribution is -2.52. The summed E-state index contributed by atoms with van der Waals surface area (Å²) in [5.41, 5.74) is -1.27. The molecule has 2 N–H and O–H groups in total. The maximum absolute atomic E-state index is 12.6. The first-order chi connectivity index (χ1) is 15.8. The van der Waals surface area contributed by atoms with Crippen LogP contribution in [0.5, 0.6) is 5.75 Å². The van der Waals surface area contributed by atoms with E-state index in [4.69, 9.17) is 4.74 Å². The Balaban J connectivity index is 1.23. The Hall–Kier alpha value is -4.08. The highest BCUT2D eigenvalue weighted by Crippen LogP contribution is 2.28. The van der Waals surface area contributed by atoms with E-state index in [1.807, 2.05) is 0 Å². The molecule has 0 saturated carbocycles. The number of hydrogen-bond donors (Lipinski definition) is 2. The molecule has 1 saturated heterocycles. The summed E-state index contributed by atoms with van der Waals surface area (Å²) >= 11 is 0. The molecule has 1 fully saturated rings. The Kier molecular flexibility index (Phi) is 6.16. The molecule has 33 heavy (non-hydrogen) atoms. The van der Waals surface area contributed by atoms with Crippen LogP contribution in [0, 0.1) is 12.1 Å². The molecular weight excluding hydrogens is 443 g/mol. The fourth-order valence-corrected chi connectivity index (χ4v) is 3.25. The highest BCUT2D eigenvalue weighted by Gasteiger charge is 2.32. The molecule has 1 aromatic carbocycles. The molecule has 1 aliphatic heterocycles. The van der Waals surface area contributed by atoms with Crippen molar-refractivity contribution in [1.29, 1.82) is 0 Å². The fourth-order valence-electron chi connectivity index (χ4n) is 3.25. The van der Waals surface area contributed by atoms with Crippen LogP contribution in [0.4, 0.5) is 23.9 Å². The van der Waals surface area contributed by atoms with E-state index in [-0.39, 0.29) is 30.7 Å². The lowest BCUT2D eigenvalue weighted by Gasteiger charge is -2.34. The highest BCUT2D eigenvalue weighted by atomic mass is 19.4. The van der Waals surface area contributed by atoms with E-state index in [0.29, 0.717) is 42.7 Å². The quantitative estimate of drug-likeness (QED) is 0.550. The maximum Gasteiger partial charge on any atom is 0.419 e. The van der Waals surface area contributed by atoms with Crippen molar-refractivity contribution in [2.75, 3.05) is 44.2 Å². The van der Waals surface area contributed by atoms with E-state index >= 15 is 0 Å². The zero-order valence-corrected chi connectivity index (χ0v) is 17.1. The van der Waals surface area contributed by atoms with Crippen molar-refractivity contribution in [2.24, 2.45) is 0 Å². The molecule has 0 unspecified atom stereocenters. The van der Waals surface area contributed by atoms with Gasteiger partial charge < -0.3 is 19.9 Å². The summed E-state index contributed by atoms with van der Waals surface area (Å²) in [6.45, 7) is 1.84. The number of amides is 2. The van der Waals surface area contributed by atoms with Crippen LogP contribution in [-0.4, -0.2) is 70.4 Å². The Bertz CT molecular complexity index is 1180. The second-order valence-corrected chi connectivity index (χ2v) is 7.09. The van der Waals surface area contributed by atoms with Gasteiger partial charge in [-0.3, -0.25) is 4.79 Å². The number of H-pyrrole nitrogens is 1. The van der Waals surface area contributed by atoms with Crippen LogP contribution in [0.3, 0.4) is 0 Å². The molecule has 4 rings (SSSR count). The smallest absolute Gasteiger partial charge is 0.419 e. The molecule has 1 aliphatic rings. The molecular formula is C20H18F3N7O3. The van der Waals surface area contributed by atoms with Gasteiger partial charge >= 0.3 is 12.2 Å². The summed E-state index contributed by atoms with van der Waals surface area (Å²) in [7, 11) is 0. The third-order valence-corrected chi connectivity index (χ3v) is 4.98. The maximum atomic E-state index is 12.6. The normalized spacial score (nSPS) is 14.2. The number of carbonyl (C=O) groups is 1. The summed E-state index contributed by atoms with van der Waals surface area (Å²) in [4.78, 5) is 35.0. The molecule has 0 aliphatic carbocycles. The molecule has 3 aromatic rings. The summed E-state index contributed by atoms with van der Waals surface area (Å²) < 4.78 is 43.5. The molecule has 0 spiro atoms.